The Labute approximate surface area is 105 Å². The monoisotopic (exact) mass is 244 g/mol. The first-order valence-electron chi connectivity index (χ1n) is 6.36. The van der Waals surface area contributed by atoms with Crippen molar-refractivity contribution in [2.45, 2.75) is 31.2 Å². The predicted octanol–water partition coefficient (Wildman–Crippen LogP) is 1.44. The highest BCUT2D eigenvalue weighted by Crippen LogP contribution is 2.54. The zero-order valence-corrected chi connectivity index (χ0v) is 9.93. The number of nitrogens with zero attached hydrogens (tertiary/aromatic N) is 2. The number of piperidine rings is 1. The number of para-hydroxylation sites is 2. The number of carbonyl (C=O) groups excluding carboxylic acids is 1. The second-order valence-corrected chi connectivity index (χ2v) is 5.02. The first-order valence-corrected chi connectivity index (χ1v) is 6.36. The number of amides is 1. The average molecular weight is 244 g/mol. The van der Waals surface area contributed by atoms with E-state index in [1.54, 1.807) is 4.90 Å². The SMILES string of the molecule is O=[C]N1CCCCC1C12Nc3ccccc3N1O2. The number of anilines is 2. The van der Waals surface area contributed by atoms with Gasteiger partial charge in [-0.3, -0.25) is 4.79 Å². The molecule has 18 heavy (non-hydrogen) atoms. The Bertz CT molecular complexity index is 507. The van der Waals surface area contributed by atoms with Crippen molar-refractivity contribution in [3.63, 3.8) is 0 Å². The van der Waals surface area contributed by atoms with Crippen LogP contribution in [0.5, 0.6) is 0 Å². The second kappa shape index (κ2) is 3.38. The van der Waals surface area contributed by atoms with Crippen LogP contribution in [-0.2, 0) is 9.63 Å². The Morgan fingerprint density at radius 2 is 2.28 bits per heavy atom. The van der Waals surface area contributed by atoms with E-state index in [1.165, 1.54) is 0 Å². The maximum Gasteiger partial charge on any atom is 0.312 e. The van der Waals surface area contributed by atoms with Crippen molar-refractivity contribution in [1.82, 2.24) is 4.90 Å². The molecule has 1 aromatic carbocycles. The zero-order valence-electron chi connectivity index (χ0n) is 9.93. The van der Waals surface area contributed by atoms with E-state index >= 15 is 0 Å². The van der Waals surface area contributed by atoms with E-state index in [2.05, 4.69) is 5.32 Å². The van der Waals surface area contributed by atoms with E-state index in [1.807, 2.05) is 35.7 Å². The summed E-state index contributed by atoms with van der Waals surface area (Å²) in [6.07, 6.45) is 5.17. The van der Waals surface area contributed by atoms with Crippen LogP contribution in [0.25, 0.3) is 0 Å². The van der Waals surface area contributed by atoms with Crippen LogP contribution in [0.4, 0.5) is 11.4 Å². The molecule has 93 valence electrons. The number of hydrogen-bond donors (Lipinski definition) is 1. The quantitative estimate of drug-likeness (QED) is 0.800. The van der Waals surface area contributed by atoms with Crippen LogP contribution < -0.4 is 10.4 Å². The molecule has 5 nitrogen and oxygen atoms in total. The molecule has 3 aliphatic heterocycles. The summed E-state index contributed by atoms with van der Waals surface area (Å²) in [5, 5.41) is 5.28. The lowest BCUT2D eigenvalue weighted by molar-refractivity contribution is 0.142. The number of benzene rings is 1. The van der Waals surface area contributed by atoms with E-state index < -0.39 is 5.85 Å². The van der Waals surface area contributed by atoms with E-state index in [-0.39, 0.29) is 6.04 Å². The molecule has 4 rings (SSSR count). The third kappa shape index (κ3) is 1.17. The predicted molar refractivity (Wildman–Crippen MR) is 66.4 cm³/mol. The highest BCUT2D eigenvalue weighted by Gasteiger charge is 2.67. The van der Waals surface area contributed by atoms with Gasteiger partial charge in [0.15, 0.2) is 0 Å². The van der Waals surface area contributed by atoms with Crippen molar-refractivity contribution in [3.05, 3.63) is 24.3 Å². The zero-order chi connectivity index (χ0) is 12.2. The first-order chi connectivity index (χ1) is 8.85. The topological polar surface area (TPSA) is 47.9 Å². The Morgan fingerprint density at radius 1 is 1.39 bits per heavy atom. The molecule has 2 fully saturated rings. The molecule has 5 heteroatoms. The van der Waals surface area contributed by atoms with Crippen molar-refractivity contribution in [1.29, 1.82) is 0 Å². The molecule has 2 saturated heterocycles. The van der Waals surface area contributed by atoms with E-state index in [0.29, 0.717) is 0 Å². The molecule has 1 N–H and O–H groups in total. The van der Waals surface area contributed by atoms with Gasteiger partial charge in [0.25, 0.3) is 5.85 Å². The van der Waals surface area contributed by atoms with Gasteiger partial charge < -0.3 is 10.2 Å². The normalized spacial score (nSPS) is 32.6. The summed E-state index contributed by atoms with van der Waals surface area (Å²) in [7, 11) is 0. The molecule has 3 aliphatic rings. The average Bonchev–Trinajstić information content (AvgIpc) is 3.07. The smallest absolute Gasteiger partial charge is 0.312 e. The fraction of sp³-hybridized carbons (Fsp3) is 0.462. The van der Waals surface area contributed by atoms with Crippen LogP contribution in [0.1, 0.15) is 19.3 Å². The van der Waals surface area contributed by atoms with Crippen LogP contribution in [-0.4, -0.2) is 29.7 Å². The summed E-state index contributed by atoms with van der Waals surface area (Å²) in [4.78, 5) is 18.5. The number of fused-ring (bicyclic) bond motifs is 3. The third-order valence-electron chi connectivity index (χ3n) is 4.01. The van der Waals surface area contributed by atoms with Crippen LogP contribution >= 0.6 is 0 Å². The maximum absolute atomic E-state index is 11.1. The minimum Gasteiger partial charge on any atom is -0.333 e. The fourth-order valence-electron chi connectivity index (χ4n) is 3.10. The van der Waals surface area contributed by atoms with Gasteiger partial charge in [-0.05, 0) is 31.4 Å². The molecule has 1 aromatic rings. The van der Waals surface area contributed by atoms with Gasteiger partial charge in [0, 0.05) is 6.54 Å². The molecule has 2 unspecified atom stereocenters. The minimum absolute atomic E-state index is 0.0381. The van der Waals surface area contributed by atoms with Gasteiger partial charge in [0.2, 0.25) is 0 Å². The highest BCUT2D eigenvalue weighted by atomic mass is 16.9. The standard InChI is InChI=1S/C13H14N3O2/c17-9-15-8-4-3-7-12(15)13-14-10-5-1-2-6-11(10)16(13)18-13/h1-2,5-6,12,14H,3-4,7-8H2. The molecular weight excluding hydrogens is 230 g/mol. The minimum atomic E-state index is -0.540. The van der Waals surface area contributed by atoms with E-state index in [9.17, 15) is 4.79 Å². The Morgan fingerprint density at radius 3 is 3.11 bits per heavy atom. The van der Waals surface area contributed by atoms with Crippen LogP contribution in [0.15, 0.2) is 24.3 Å². The molecule has 0 spiro atoms. The van der Waals surface area contributed by atoms with Gasteiger partial charge in [0.1, 0.15) is 6.04 Å². The summed E-state index contributed by atoms with van der Waals surface area (Å²) in [5.74, 6) is -0.540. The van der Waals surface area contributed by atoms with Crippen molar-refractivity contribution >= 4 is 17.8 Å². The van der Waals surface area contributed by atoms with Gasteiger partial charge in [-0.15, -0.1) is 0 Å². The summed E-state index contributed by atoms with van der Waals surface area (Å²) in [6.45, 7) is 0.769. The highest BCUT2D eigenvalue weighted by molar-refractivity contribution is 5.79. The maximum atomic E-state index is 11.1. The van der Waals surface area contributed by atoms with Gasteiger partial charge in [-0.2, -0.15) is 5.06 Å². The largest absolute Gasteiger partial charge is 0.333 e. The fourth-order valence-corrected chi connectivity index (χ4v) is 3.10. The van der Waals surface area contributed by atoms with Crippen molar-refractivity contribution in [2.75, 3.05) is 16.9 Å². The van der Waals surface area contributed by atoms with Crippen LogP contribution in [0.2, 0.25) is 0 Å². The third-order valence-corrected chi connectivity index (χ3v) is 4.01. The molecule has 2 atom stereocenters. The molecule has 1 amide bonds. The molecule has 0 bridgehead atoms. The number of rotatable bonds is 2. The summed E-state index contributed by atoms with van der Waals surface area (Å²) in [6, 6.07) is 8.08. The summed E-state index contributed by atoms with van der Waals surface area (Å²) < 4.78 is 0. The van der Waals surface area contributed by atoms with Crippen molar-refractivity contribution in [3.8, 4) is 0 Å². The Balaban J connectivity index is 1.66. The van der Waals surface area contributed by atoms with Gasteiger partial charge >= 0.3 is 6.41 Å². The summed E-state index contributed by atoms with van der Waals surface area (Å²) >= 11 is 0. The molecule has 0 aliphatic carbocycles. The second-order valence-electron chi connectivity index (χ2n) is 5.02. The lowest BCUT2D eigenvalue weighted by Gasteiger charge is -2.34. The number of nitrogens with one attached hydrogen (secondary N) is 1. The first kappa shape index (κ1) is 10.2. The van der Waals surface area contributed by atoms with Crippen LogP contribution in [0, 0.1) is 0 Å². The Kier molecular flexibility index (Phi) is 1.92. The van der Waals surface area contributed by atoms with Crippen molar-refractivity contribution in [2.24, 2.45) is 0 Å². The number of hydrogen-bond acceptors (Lipinski definition) is 4. The lowest BCUT2D eigenvalue weighted by atomic mass is 9.99. The van der Waals surface area contributed by atoms with Gasteiger partial charge in [0.05, 0.1) is 11.4 Å². The molecule has 0 aromatic heterocycles. The van der Waals surface area contributed by atoms with Crippen molar-refractivity contribution < 1.29 is 9.63 Å². The van der Waals surface area contributed by atoms with Gasteiger partial charge in [-0.25, -0.2) is 4.84 Å². The van der Waals surface area contributed by atoms with E-state index in [4.69, 9.17) is 4.84 Å². The molecule has 1 radical (unpaired) electrons. The molecule has 0 saturated carbocycles. The molecule has 3 heterocycles. The number of hydroxylamine groups is 1. The summed E-state index contributed by atoms with van der Waals surface area (Å²) in [5.41, 5.74) is 2.12. The molecular formula is C13H14N3O2. The number of likely N-dealkylation sites (tertiary alicyclic amines) is 1. The van der Waals surface area contributed by atoms with E-state index in [0.717, 1.165) is 37.2 Å². The lowest BCUT2D eigenvalue weighted by Crippen LogP contribution is -2.52. The van der Waals surface area contributed by atoms with Crippen LogP contribution in [0.3, 0.4) is 0 Å². The van der Waals surface area contributed by atoms with Gasteiger partial charge in [-0.1, -0.05) is 12.1 Å². The Hall–Kier alpha value is -1.75.